The van der Waals surface area contributed by atoms with Crippen molar-refractivity contribution in [2.24, 2.45) is 5.73 Å². The van der Waals surface area contributed by atoms with Gasteiger partial charge in [-0.05, 0) is 38.4 Å². The van der Waals surface area contributed by atoms with Gasteiger partial charge in [0.25, 0.3) is 0 Å². The zero-order valence-electron chi connectivity index (χ0n) is 13.4. The van der Waals surface area contributed by atoms with Gasteiger partial charge in [-0.2, -0.15) is 0 Å². The predicted molar refractivity (Wildman–Crippen MR) is 86.2 cm³/mol. The molecule has 0 radical (unpaired) electrons. The predicted octanol–water partition coefficient (Wildman–Crippen LogP) is 2.23. The third-order valence-corrected chi connectivity index (χ3v) is 4.76. The van der Waals surface area contributed by atoms with Crippen LogP contribution < -0.4 is 5.73 Å². The molecule has 1 fully saturated rings. The van der Waals surface area contributed by atoms with Crippen LogP contribution in [-0.4, -0.2) is 48.3 Å². The molecule has 1 aromatic rings. The highest BCUT2D eigenvalue weighted by atomic mass is 16.5. The topological polar surface area (TPSA) is 51.4 Å². The van der Waals surface area contributed by atoms with Crippen molar-refractivity contribution >= 4 is 0 Å². The lowest BCUT2D eigenvalue weighted by molar-refractivity contribution is -0.0665. The molecule has 4 nitrogen and oxygen atoms in total. The standard InChI is InChI=1S/C17H29N3O/c1-3-6-16-13-17(14-18,9-12-21-16)20(2)11-8-15-7-4-5-10-19-15/h4-5,7,10,16H,3,6,8-9,11-14,18H2,1-2H3. The summed E-state index contributed by atoms with van der Waals surface area (Å²) in [5, 5.41) is 0. The molecule has 21 heavy (non-hydrogen) atoms. The average Bonchev–Trinajstić information content (AvgIpc) is 2.54. The van der Waals surface area contributed by atoms with Gasteiger partial charge in [0.05, 0.1) is 6.10 Å². The Hall–Kier alpha value is -0.970. The largest absolute Gasteiger partial charge is 0.378 e. The Balaban J connectivity index is 1.95. The summed E-state index contributed by atoms with van der Waals surface area (Å²) < 4.78 is 5.89. The van der Waals surface area contributed by atoms with Crippen molar-refractivity contribution in [3.05, 3.63) is 30.1 Å². The van der Waals surface area contributed by atoms with Crippen molar-refractivity contribution in [1.82, 2.24) is 9.88 Å². The summed E-state index contributed by atoms with van der Waals surface area (Å²) in [5.41, 5.74) is 7.39. The van der Waals surface area contributed by atoms with Crippen molar-refractivity contribution in [2.45, 2.75) is 50.7 Å². The molecule has 0 spiro atoms. The molecule has 2 rings (SSSR count). The van der Waals surface area contributed by atoms with Gasteiger partial charge in [-0.25, -0.2) is 0 Å². The molecular weight excluding hydrogens is 262 g/mol. The van der Waals surface area contributed by atoms with E-state index >= 15 is 0 Å². The van der Waals surface area contributed by atoms with E-state index < -0.39 is 0 Å². The monoisotopic (exact) mass is 291 g/mol. The van der Waals surface area contributed by atoms with Gasteiger partial charge >= 0.3 is 0 Å². The minimum Gasteiger partial charge on any atom is -0.378 e. The number of pyridine rings is 1. The van der Waals surface area contributed by atoms with Crippen LogP contribution >= 0.6 is 0 Å². The minimum atomic E-state index is 0.0901. The van der Waals surface area contributed by atoms with Crippen molar-refractivity contribution in [3.63, 3.8) is 0 Å². The van der Waals surface area contributed by atoms with Crippen molar-refractivity contribution < 1.29 is 4.74 Å². The second kappa shape index (κ2) is 7.87. The van der Waals surface area contributed by atoms with E-state index in [1.165, 1.54) is 6.42 Å². The van der Waals surface area contributed by atoms with Crippen molar-refractivity contribution in [1.29, 1.82) is 0 Å². The van der Waals surface area contributed by atoms with Crippen LogP contribution in [-0.2, 0) is 11.2 Å². The van der Waals surface area contributed by atoms with Gasteiger partial charge < -0.3 is 10.5 Å². The molecule has 0 saturated carbocycles. The summed E-state index contributed by atoms with van der Waals surface area (Å²) in [6.07, 6.45) is 7.58. The molecule has 2 atom stereocenters. The van der Waals surface area contributed by atoms with Crippen LogP contribution in [0.25, 0.3) is 0 Å². The maximum Gasteiger partial charge on any atom is 0.0593 e. The molecule has 1 aliphatic heterocycles. The Morgan fingerprint density at radius 1 is 1.48 bits per heavy atom. The molecule has 2 heterocycles. The summed E-state index contributed by atoms with van der Waals surface area (Å²) >= 11 is 0. The first-order chi connectivity index (χ1) is 10.2. The van der Waals surface area contributed by atoms with Crippen LogP contribution in [0.1, 0.15) is 38.3 Å². The van der Waals surface area contributed by atoms with Gasteiger partial charge in [0.1, 0.15) is 0 Å². The molecule has 1 saturated heterocycles. The summed E-state index contributed by atoms with van der Waals surface area (Å²) in [4.78, 5) is 6.84. The van der Waals surface area contributed by atoms with Gasteiger partial charge in [-0.1, -0.05) is 19.4 Å². The Bertz CT molecular complexity index is 410. The normalized spacial score (nSPS) is 26.2. The van der Waals surface area contributed by atoms with Crippen LogP contribution in [0.5, 0.6) is 0 Å². The highest BCUT2D eigenvalue weighted by Gasteiger charge is 2.38. The number of nitrogens with zero attached hydrogens (tertiary/aromatic N) is 2. The maximum atomic E-state index is 6.15. The first-order valence-electron chi connectivity index (χ1n) is 8.13. The number of rotatable bonds is 7. The average molecular weight is 291 g/mol. The zero-order chi connectivity index (χ0) is 15.1. The quantitative estimate of drug-likeness (QED) is 0.837. The first-order valence-corrected chi connectivity index (χ1v) is 8.13. The smallest absolute Gasteiger partial charge is 0.0593 e. The number of ether oxygens (including phenoxy) is 1. The second-order valence-electron chi connectivity index (χ2n) is 6.16. The molecule has 1 aromatic heterocycles. The highest BCUT2D eigenvalue weighted by Crippen LogP contribution is 2.31. The Morgan fingerprint density at radius 2 is 2.33 bits per heavy atom. The summed E-state index contributed by atoms with van der Waals surface area (Å²) in [7, 11) is 2.20. The van der Waals surface area contributed by atoms with Crippen LogP contribution in [0.3, 0.4) is 0 Å². The van der Waals surface area contributed by atoms with E-state index in [0.717, 1.165) is 44.5 Å². The van der Waals surface area contributed by atoms with Crippen LogP contribution in [0, 0.1) is 0 Å². The van der Waals surface area contributed by atoms with E-state index in [1.54, 1.807) is 0 Å². The number of likely N-dealkylation sites (N-methyl/N-ethyl adjacent to an activating group) is 1. The minimum absolute atomic E-state index is 0.0901. The van der Waals surface area contributed by atoms with Crippen LogP contribution in [0.2, 0.25) is 0 Å². The molecule has 1 aliphatic rings. The molecule has 0 aliphatic carbocycles. The lowest BCUT2D eigenvalue weighted by atomic mass is 9.83. The van der Waals surface area contributed by atoms with Crippen molar-refractivity contribution in [3.8, 4) is 0 Å². The number of hydrogen-bond acceptors (Lipinski definition) is 4. The molecule has 0 bridgehead atoms. The number of hydrogen-bond donors (Lipinski definition) is 1. The Labute approximate surface area is 128 Å². The van der Waals surface area contributed by atoms with E-state index in [-0.39, 0.29) is 5.54 Å². The Kier molecular flexibility index (Phi) is 6.15. The highest BCUT2D eigenvalue weighted by molar-refractivity contribution is 5.04. The lowest BCUT2D eigenvalue weighted by Gasteiger charge is -2.46. The summed E-state index contributed by atoms with van der Waals surface area (Å²) in [5.74, 6) is 0. The molecule has 0 amide bonds. The molecular formula is C17H29N3O. The number of nitrogens with two attached hydrogens (primary N) is 1. The lowest BCUT2D eigenvalue weighted by Crippen LogP contribution is -2.57. The maximum absolute atomic E-state index is 6.15. The fourth-order valence-electron chi connectivity index (χ4n) is 3.26. The SMILES string of the molecule is CCCC1CC(CN)(N(C)CCc2ccccn2)CCO1. The van der Waals surface area contributed by atoms with E-state index in [4.69, 9.17) is 10.5 Å². The second-order valence-corrected chi connectivity index (χ2v) is 6.16. The summed E-state index contributed by atoms with van der Waals surface area (Å²) in [6, 6.07) is 6.10. The van der Waals surface area contributed by atoms with E-state index in [2.05, 4.69) is 29.9 Å². The van der Waals surface area contributed by atoms with Gasteiger partial charge in [0.15, 0.2) is 0 Å². The van der Waals surface area contributed by atoms with E-state index in [9.17, 15) is 0 Å². The molecule has 2 N–H and O–H groups in total. The fourth-order valence-corrected chi connectivity index (χ4v) is 3.26. The van der Waals surface area contributed by atoms with E-state index in [0.29, 0.717) is 12.6 Å². The van der Waals surface area contributed by atoms with Gasteiger partial charge in [-0.15, -0.1) is 0 Å². The molecule has 4 heteroatoms. The van der Waals surface area contributed by atoms with E-state index in [1.807, 2.05) is 18.3 Å². The molecule has 2 unspecified atom stereocenters. The molecule has 0 aromatic carbocycles. The van der Waals surface area contributed by atoms with Crippen molar-refractivity contribution in [2.75, 3.05) is 26.7 Å². The van der Waals surface area contributed by atoms with Crippen LogP contribution in [0.4, 0.5) is 0 Å². The first kappa shape index (κ1) is 16.4. The Morgan fingerprint density at radius 3 is 3.00 bits per heavy atom. The zero-order valence-corrected chi connectivity index (χ0v) is 13.4. The van der Waals surface area contributed by atoms with Gasteiger partial charge in [0, 0.05) is 43.5 Å². The fraction of sp³-hybridized carbons (Fsp3) is 0.706. The van der Waals surface area contributed by atoms with Crippen LogP contribution in [0.15, 0.2) is 24.4 Å². The van der Waals surface area contributed by atoms with Gasteiger partial charge in [-0.3, -0.25) is 9.88 Å². The summed E-state index contributed by atoms with van der Waals surface area (Å²) in [6.45, 7) is 4.74. The molecule has 118 valence electrons. The third kappa shape index (κ3) is 4.25. The third-order valence-electron chi connectivity index (χ3n) is 4.76. The number of aromatic nitrogens is 1. The van der Waals surface area contributed by atoms with Gasteiger partial charge in [0.2, 0.25) is 0 Å².